The zero-order chi connectivity index (χ0) is 8.32. The van der Waals surface area contributed by atoms with Gasteiger partial charge in [-0.05, 0) is 12.8 Å². The van der Waals surface area contributed by atoms with E-state index in [2.05, 4.69) is 0 Å². The molecule has 0 aliphatic heterocycles. The lowest BCUT2D eigenvalue weighted by molar-refractivity contribution is -0.120. The van der Waals surface area contributed by atoms with Crippen LogP contribution in [0.4, 0.5) is 0 Å². The molecule has 1 rings (SSSR count). The van der Waals surface area contributed by atoms with Crippen LogP contribution in [0.15, 0.2) is 0 Å². The van der Waals surface area contributed by atoms with Crippen molar-refractivity contribution in [2.24, 2.45) is 0 Å². The summed E-state index contributed by atoms with van der Waals surface area (Å²) in [6, 6.07) is 0. The minimum absolute atomic E-state index is 0.000494. The molecule has 0 radical (unpaired) electrons. The van der Waals surface area contributed by atoms with Crippen LogP contribution in [0.3, 0.4) is 0 Å². The van der Waals surface area contributed by atoms with Gasteiger partial charge in [0.2, 0.25) is 0 Å². The van der Waals surface area contributed by atoms with Crippen LogP contribution in [0.5, 0.6) is 0 Å². The van der Waals surface area contributed by atoms with Crippen molar-refractivity contribution in [2.75, 3.05) is 5.88 Å². The normalized spacial score (nSPS) is 23.1. The third-order valence-corrected chi connectivity index (χ3v) is 3.10. The zero-order valence-electron chi connectivity index (χ0n) is 6.41. The molecule has 0 atom stereocenters. The summed E-state index contributed by atoms with van der Waals surface area (Å²) in [6.07, 6.45) is 4.93. The number of hydrogen-bond donors (Lipinski definition) is 0. The van der Waals surface area contributed by atoms with E-state index in [0.29, 0.717) is 0 Å². The van der Waals surface area contributed by atoms with Crippen LogP contribution in [0.1, 0.15) is 32.1 Å². The Hall–Kier alpha value is 0.250. The molecule has 0 bridgehead atoms. The van der Waals surface area contributed by atoms with Crippen LogP contribution >= 0.6 is 23.2 Å². The predicted octanol–water partition coefficient (Wildman–Crippen LogP) is 2.74. The molecule has 1 aliphatic rings. The highest BCUT2D eigenvalue weighted by atomic mass is 35.5. The molecule has 0 spiro atoms. The molecule has 0 amide bonds. The van der Waals surface area contributed by atoms with Gasteiger partial charge < -0.3 is 0 Å². The van der Waals surface area contributed by atoms with E-state index < -0.39 is 4.87 Å². The van der Waals surface area contributed by atoms with Crippen molar-refractivity contribution >= 4 is 29.0 Å². The molecule has 0 unspecified atom stereocenters. The van der Waals surface area contributed by atoms with Crippen LogP contribution in [-0.4, -0.2) is 16.5 Å². The second kappa shape index (κ2) is 3.77. The summed E-state index contributed by atoms with van der Waals surface area (Å²) in [5.74, 6) is 0.0595. The monoisotopic (exact) mass is 194 g/mol. The number of halogens is 2. The molecule has 11 heavy (non-hydrogen) atoms. The first kappa shape index (κ1) is 9.34. The number of carbonyl (C=O) groups is 1. The maximum Gasteiger partial charge on any atom is 0.168 e. The SMILES string of the molecule is O=C(CCl)C1(Cl)CCCCC1. The standard InChI is InChI=1S/C8H12Cl2O/c9-6-7(11)8(10)4-2-1-3-5-8/h1-6H2. The molecule has 0 heterocycles. The summed E-state index contributed by atoms with van der Waals surface area (Å²) in [7, 11) is 0. The van der Waals surface area contributed by atoms with Gasteiger partial charge >= 0.3 is 0 Å². The van der Waals surface area contributed by atoms with E-state index in [0.717, 1.165) is 25.7 Å². The van der Waals surface area contributed by atoms with Crippen molar-refractivity contribution in [3.63, 3.8) is 0 Å². The molecule has 0 aromatic heterocycles. The van der Waals surface area contributed by atoms with Gasteiger partial charge in [0, 0.05) is 0 Å². The summed E-state index contributed by atoms with van der Waals surface area (Å²) < 4.78 is 0. The van der Waals surface area contributed by atoms with Crippen molar-refractivity contribution in [3.8, 4) is 0 Å². The van der Waals surface area contributed by atoms with Gasteiger partial charge in [-0.15, -0.1) is 23.2 Å². The number of ketones is 1. The average molecular weight is 195 g/mol. The van der Waals surface area contributed by atoms with E-state index in [9.17, 15) is 4.79 Å². The van der Waals surface area contributed by atoms with E-state index >= 15 is 0 Å². The van der Waals surface area contributed by atoms with Gasteiger partial charge in [0.25, 0.3) is 0 Å². The highest BCUT2D eigenvalue weighted by Gasteiger charge is 2.35. The van der Waals surface area contributed by atoms with Crippen molar-refractivity contribution < 1.29 is 4.79 Å². The average Bonchev–Trinajstić information content (AvgIpc) is 2.04. The summed E-state index contributed by atoms with van der Waals surface area (Å²) in [6.45, 7) is 0. The number of rotatable bonds is 2. The zero-order valence-corrected chi connectivity index (χ0v) is 7.92. The molecular formula is C8H12Cl2O. The molecule has 64 valence electrons. The molecule has 3 heteroatoms. The Morgan fingerprint density at radius 1 is 1.27 bits per heavy atom. The summed E-state index contributed by atoms with van der Waals surface area (Å²) in [5, 5.41) is 0. The number of carbonyl (C=O) groups excluding carboxylic acids is 1. The third-order valence-electron chi connectivity index (χ3n) is 2.27. The first-order chi connectivity index (χ1) is 5.19. The predicted molar refractivity (Wildman–Crippen MR) is 47.4 cm³/mol. The van der Waals surface area contributed by atoms with Crippen LogP contribution < -0.4 is 0 Å². The lowest BCUT2D eigenvalue weighted by atomic mass is 9.86. The van der Waals surface area contributed by atoms with E-state index in [4.69, 9.17) is 23.2 Å². The summed E-state index contributed by atoms with van der Waals surface area (Å²) >= 11 is 11.5. The number of hydrogen-bond acceptors (Lipinski definition) is 1. The minimum Gasteiger partial charge on any atom is -0.296 e. The molecular weight excluding hydrogens is 183 g/mol. The maximum atomic E-state index is 11.2. The molecule has 1 nitrogen and oxygen atoms in total. The quantitative estimate of drug-likeness (QED) is 0.619. The second-order valence-corrected chi connectivity index (χ2v) is 4.07. The van der Waals surface area contributed by atoms with Crippen LogP contribution in [0.2, 0.25) is 0 Å². The molecule has 0 N–H and O–H groups in total. The fraction of sp³-hybridized carbons (Fsp3) is 0.875. The van der Waals surface area contributed by atoms with E-state index in [1.165, 1.54) is 6.42 Å². The van der Waals surface area contributed by atoms with Gasteiger partial charge in [-0.25, -0.2) is 0 Å². The summed E-state index contributed by atoms with van der Waals surface area (Å²) in [4.78, 5) is 10.6. The lowest BCUT2D eigenvalue weighted by Gasteiger charge is -2.28. The minimum atomic E-state index is -0.611. The molecule has 1 saturated carbocycles. The summed E-state index contributed by atoms with van der Waals surface area (Å²) in [5.41, 5.74) is 0. The molecule has 0 aromatic carbocycles. The van der Waals surface area contributed by atoms with Gasteiger partial charge in [-0.2, -0.15) is 0 Å². The van der Waals surface area contributed by atoms with Gasteiger partial charge in [-0.3, -0.25) is 4.79 Å². The molecule has 1 fully saturated rings. The van der Waals surface area contributed by atoms with Gasteiger partial charge in [0.05, 0.1) is 5.88 Å². The maximum absolute atomic E-state index is 11.2. The van der Waals surface area contributed by atoms with Crippen molar-refractivity contribution in [2.45, 2.75) is 37.0 Å². The highest BCUT2D eigenvalue weighted by molar-refractivity contribution is 6.41. The van der Waals surface area contributed by atoms with Crippen molar-refractivity contribution in [1.82, 2.24) is 0 Å². The largest absolute Gasteiger partial charge is 0.296 e. The van der Waals surface area contributed by atoms with E-state index in [1.54, 1.807) is 0 Å². The highest BCUT2D eigenvalue weighted by Crippen LogP contribution is 2.35. The lowest BCUT2D eigenvalue weighted by Crippen LogP contribution is -2.35. The van der Waals surface area contributed by atoms with Gasteiger partial charge in [0.15, 0.2) is 5.78 Å². The second-order valence-electron chi connectivity index (χ2n) is 3.08. The first-order valence-electron chi connectivity index (χ1n) is 3.97. The fourth-order valence-corrected chi connectivity index (χ4v) is 2.17. The van der Waals surface area contributed by atoms with E-state index in [-0.39, 0.29) is 11.7 Å². The van der Waals surface area contributed by atoms with Crippen molar-refractivity contribution in [3.05, 3.63) is 0 Å². The first-order valence-corrected chi connectivity index (χ1v) is 4.88. The van der Waals surface area contributed by atoms with Crippen LogP contribution in [0.25, 0.3) is 0 Å². The Kier molecular flexibility index (Phi) is 3.20. The Balaban J connectivity index is 2.56. The smallest absolute Gasteiger partial charge is 0.168 e. The Morgan fingerprint density at radius 2 is 1.82 bits per heavy atom. The molecule has 1 aliphatic carbocycles. The van der Waals surface area contributed by atoms with Crippen molar-refractivity contribution in [1.29, 1.82) is 0 Å². The number of Topliss-reactive ketones (excluding diaryl/α,β-unsaturated/α-hetero) is 1. The van der Waals surface area contributed by atoms with E-state index in [1.807, 2.05) is 0 Å². The Morgan fingerprint density at radius 3 is 2.27 bits per heavy atom. The third kappa shape index (κ3) is 2.09. The Labute approximate surface area is 77.1 Å². The Bertz CT molecular complexity index is 150. The van der Waals surface area contributed by atoms with Crippen LogP contribution in [-0.2, 0) is 4.79 Å². The molecule has 0 aromatic rings. The van der Waals surface area contributed by atoms with Gasteiger partial charge in [0.1, 0.15) is 4.87 Å². The topological polar surface area (TPSA) is 17.1 Å². The molecule has 0 saturated heterocycles. The van der Waals surface area contributed by atoms with Crippen LogP contribution in [0, 0.1) is 0 Å². The fourth-order valence-electron chi connectivity index (χ4n) is 1.51. The number of alkyl halides is 2. The van der Waals surface area contributed by atoms with Gasteiger partial charge in [-0.1, -0.05) is 19.3 Å².